The Morgan fingerprint density at radius 1 is 1.03 bits per heavy atom. The van der Waals surface area contributed by atoms with Crippen LogP contribution in [0.15, 0.2) is 73.1 Å². The summed E-state index contributed by atoms with van der Waals surface area (Å²) in [6.07, 6.45) is 1.18. The van der Waals surface area contributed by atoms with E-state index in [0.717, 1.165) is 10.8 Å². The molecule has 1 aromatic heterocycles. The van der Waals surface area contributed by atoms with E-state index in [0.29, 0.717) is 17.0 Å². The molecular weight excluding hydrogens is 412 g/mol. The minimum absolute atomic E-state index is 0.0379. The van der Waals surface area contributed by atoms with Crippen molar-refractivity contribution < 1.29 is 19.2 Å². The lowest BCUT2D eigenvalue weighted by Crippen LogP contribution is -2.05. The van der Waals surface area contributed by atoms with Crippen LogP contribution in [0, 0.1) is 10.1 Å². The lowest BCUT2D eigenvalue weighted by Gasteiger charge is -2.11. The first-order chi connectivity index (χ1) is 15.6. The van der Waals surface area contributed by atoms with Crippen LogP contribution < -0.4 is 10.1 Å². The maximum absolute atomic E-state index is 11.8. The van der Waals surface area contributed by atoms with Crippen LogP contribution >= 0.6 is 0 Å². The van der Waals surface area contributed by atoms with Gasteiger partial charge in [0, 0.05) is 11.1 Å². The molecule has 32 heavy (non-hydrogen) atoms. The highest BCUT2D eigenvalue weighted by molar-refractivity contribution is 5.90. The molecule has 9 nitrogen and oxygen atoms in total. The van der Waals surface area contributed by atoms with Crippen LogP contribution in [0.4, 0.5) is 17.2 Å². The largest absolute Gasteiger partial charge is 0.462 e. The van der Waals surface area contributed by atoms with Crippen molar-refractivity contribution in [2.24, 2.45) is 0 Å². The number of benzene rings is 3. The Hall–Kier alpha value is -4.53. The fraction of sp³-hybridized carbons (Fsp3) is 0.0870. The Bertz CT molecular complexity index is 1290. The van der Waals surface area contributed by atoms with E-state index >= 15 is 0 Å². The predicted octanol–water partition coefficient (Wildman–Crippen LogP) is 5.25. The number of fused-ring (bicyclic) bond motifs is 1. The van der Waals surface area contributed by atoms with Crippen LogP contribution in [0.2, 0.25) is 0 Å². The monoisotopic (exact) mass is 430 g/mol. The molecule has 3 aromatic carbocycles. The molecule has 1 heterocycles. The number of esters is 1. The van der Waals surface area contributed by atoms with Crippen molar-refractivity contribution in [3.05, 3.63) is 88.7 Å². The molecule has 0 aliphatic carbocycles. The van der Waals surface area contributed by atoms with Crippen molar-refractivity contribution in [1.82, 2.24) is 9.97 Å². The highest BCUT2D eigenvalue weighted by atomic mass is 16.6. The van der Waals surface area contributed by atoms with Gasteiger partial charge in [-0.15, -0.1) is 0 Å². The summed E-state index contributed by atoms with van der Waals surface area (Å²) in [5.41, 5.74) is 0.459. The smallest absolute Gasteiger partial charge is 0.373 e. The topological polar surface area (TPSA) is 116 Å². The van der Waals surface area contributed by atoms with E-state index in [4.69, 9.17) is 9.47 Å². The van der Waals surface area contributed by atoms with Crippen molar-refractivity contribution >= 4 is 33.9 Å². The number of ether oxygens (including phenoxy) is 2. The number of nitro groups is 1. The first-order valence-corrected chi connectivity index (χ1v) is 9.76. The molecule has 0 amide bonds. The Balaban J connectivity index is 1.65. The molecule has 0 fully saturated rings. The third-order valence-corrected chi connectivity index (χ3v) is 4.59. The van der Waals surface area contributed by atoms with E-state index in [9.17, 15) is 14.9 Å². The fourth-order valence-electron chi connectivity index (χ4n) is 3.12. The molecule has 4 aromatic rings. The van der Waals surface area contributed by atoms with Crippen LogP contribution in [-0.2, 0) is 4.74 Å². The lowest BCUT2D eigenvalue weighted by molar-refractivity contribution is -0.385. The average molecular weight is 430 g/mol. The number of aromatic nitrogens is 2. The number of carbonyl (C=O) groups excluding carboxylic acids is 1. The maximum Gasteiger partial charge on any atom is 0.373 e. The summed E-state index contributed by atoms with van der Waals surface area (Å²) in [6.45, 7) is 1.99. The first-order valence-electron chi connectivity index (χ1n) is 9.76. The quantitative estimate of drug-likeness (QED) is 0.240. The van der Waals surface area contributed by atoms with E-state index in [1.54, 1.807) is 43.3 Å². The molecule has 0 bridgehead atoms. The SMILES string of the molecule is CCOC(=O)c1ccc(Nc2ncnc(Oc3cccc4ccccc34)c2[N+](=O)[O-])cc1. The summed E-state index contributed by atoms with van der Waals surface area (Å²) >= 11 is 0. The van der Waals surface area contributed by atoms with Gasteiger partial charge in [0.15, 0.2) is 0 Å². The molecule has 0 unspecified atom stereocenters. The van der Waals surface area contributed by atoms with Crippen molar-refractivity contribution in [1.29, 1.82) is 0 Å². The van der Waals surface area contributed by atoms with Crippen LogP contribution in [0.3, 0.4) is 0 Å². The molecule has 4 rings (SSSR count). The van der Waals surface area contributed by atoms with E-state index in [1.807, 2.05) is 30.3 Å². The Morgan fingerprint density at radius 3 is 2.53 bits per heavy atom. The van der Waals surface area contributed by atoms with Gasteiger partial charge in [-0.1, -0.05) is 36.4 Å². The summed E-state index contributed by atoms with van der Waals surface area (Å²) in [5.74, 6) is -0.233. The molecule has 160 valence electrons. The van der Waals surface area contributed by atoms with Gasteiger partial charge in [-0.25, -0.2) is 9.78 Å². The van der Waals surface area contributed by atoms with Crippen molar-refractivity contribution in [3.8, 4) is 11.6 Å². The number of carbonyl (C=O) groups is 1. The third-order valence-electron chi connectivity index (χ3n) is 4.59. The maximum atomic E-state index is 11.8. The van der Waals surface area contributed by atoms with Crippen molar-refractivity contribution in [2.45, 2.75) is 6.92 Å². The molecule has 0 atom stereocenters. The molecular formula is C23H18N4O5. The molecule has 0 saturated carbocycles. The molecule has 0 aliphatic heterocycles. The second-order valence-electron chi connectivity index (χ2n) is 6.64. The number of hydrogen-bond donors (Lipinski definition) is 1. The Kier molecular flexibility index (Phi) is 5.89. The van der Waals surface area contributed by atoms with Gasteiger partial charge in [0.1, 0.15) is 12.1 Å². The third kappa shape index (κ3) is 4.31. The van der Waals surface area contributed by atoms with Crippen LogP contribution in [0.25, 0.3) is 10.8 Å². The summed E-state index contributed by atoms with van der Waals surface area (Å²) < 4.78 is 10.8. The zero-order valence-electron chi connectivity index (χ0n) is 17.0. The minimum Gasteiger partial charge on any atom is -0.462 e. The first kappa shape index (κ1) is 20.7. The Morgan fingerprint density at radius 2 is 1.78 bits per heavy atom. The van der Waals surface area contributed by atoms with Gasteiger partial charge in [0.25, 0.3) is 0 Å². The summed E-state index contributed by atoms with van der Waals surface area (Å²) in [4.78, 5) is 31.0. The predicted molar refractivity (Wildman–Crippen MR) is 118 cm³/mol. The van der Waals surface area contributed by atoms with Crippen molar-refractivity contribution in [2.75, 3.05) is 11.9 Å². The standard InChI is InChI=1S/C23H18N4O5/c1-2-31-23(28)16-10-12-17(13-11-16)26-21-20(27(29)30)22(25-14-24-21)32-19-9-5-7-15-6-3-4-8-18(15)19/h3-14H,2H2,1H3,(H,24,25,26). The minimum atomic E-state index is -0.601. The molecule has 0 aliphatic rings. The van der Waals surface area contributed by atoms with Crippen molar-refractivity contribution in [3.63, 3.8) is 0 Å². The van der Waals surface area contributed by atoms with Gasteiger partial charge in [-0.3, -0.25) is 10.1 Å². The molecule has 0 saturated heterocycles. The molecule has 1 N–H and O–H groups in total. The second kappa shape index (κ2) is 9.09. The number of hydrogen-bond acceptors (Lipinski definition) is 8. The fourth-order valence-corrected chi connectivity index (χ4v) is 3.12. The van der Waals surface area contributed by atoms with Gasteiger partial charge < -0.3 is 14.8 Å². The zero-order chi connectivity index (χ0) is 22.5. The Labute approximate surface area is 182 Å². The summed E-state index contributed by atoms with van der Waals surface area (Å²) in [6, 6.07) is 19.3. The van der Waals surface area contributed by atoms with Gasteiger partial charge in [-0.05, 0) is 42.6 Å². The lowest BCUT2D eigenvalue weighted by atomic mass is 10.1. The van der Waals surface area contributed by atoms with Crippen LogP contribution in [-0.4, -0.2) is 27.5 Å². The number of rotatable bonds is 7. The summed E-state index contributed by atoms with van der Waals surface area (Å²) in [5, 5.41) is 16.5. The van der Waals surface area contributed by atoms with Crippen LogP contribution in [0.1, 0.15) is 17.3 Å². The molecule has 0 radical (unpaired) electrons. The van der Waals surface area contributed by atoms with Gasteiger partial charge in [0.05, 0.1) is 17.1 Å². The highest BCUT2D eigenvalue weighted by Crippen LogP contribution is 2.37. The van der Waals surface area contributed by atoms with Gasteiger partial charge in [-0.2, -0.15) is 4.98 Å². The highest BCUT2D eigenvalue weighted by Gasteiger charge is 2.25. The second-order valence-corrected chi connectivity index (χ2v) is 6.64. The number of anilines is 2. The average Bonchev–Trinajstić information content (AvgIpc) is 2.80. The zero-order valence-corrected chi connectivity index (χ0v) is 17.0. The molecule has 9 heteroatoms. The molecule has 0 spiro atoms. The summed E-state index contributed by atoms with van der Waals surface area (Å²) in [7, 11) is 0. The van der Waals surface area contributed by atoms with E-state index in [-0.39, 0.29) is 18.3 Å². The van der Waals surface area contributed by atoms with E-state index in [1.165, 1.54) is 6.33 Å². The number of nitrogens with zero attached hydrogens (tertiary/aromatic N) is 3. The van der Waals surface area contributed by atoms with Gasteiger partial charge >= 0.3 is 17.5 Å². The normalized spacial score (nSPS) is 10.5. The van der Waals surface area contributed by atoms with Gasteiger partial charge in [0.2, 0.25) is 5.82 Å². The van der Waals surface area contributed by atoms with E-state index < -0.39 is 16.6 Å². The van der Waals surface area contributed by atoms with E-state index in [2.05, 4.69) is 15.3 Å². The number of nitrogens with one attached hydrogen (secondary N) is 1. The van der Waals surface area contributed by atoms with Crippen LogP contribution in [0.5, 0.6) is 11.6 Å².